The lowest BCUT2D eigenvalue weighted by Crippen LogP contribution is -2.41. The molecule has 0 bridgehead atoms. The zero-order chi connectivity index (χ0) is 13.3. The highest BCUT2D eigenvalue weighted by Gasteiger charge is 2.24. The van der Waals surface area contributed by atoms with E-state index < -0.39 is 11.2 Å². The summed E-state index contributed by atoms with van der Waals surface area (Å²) in [4.78, 5) is 23.3. The van der Waals surface area contributed by atoms with Gasteiger partial charge in [-0.25, -0.2) is 9.48 Å². The molecule has 1 heterocycles. The Balaban J connectivity index is 2.15. The first-order valence-electron chi connectivity index (χ1n) is 6.14. The van der Waals surface area contributed by atoms with Crippen LogP contribution in [-0.4, -0.2) is 26.9 Å². The SMILES string of the molecule is Cn1nc(NCC2CCCC2N)c(=O)n(C)c1=O. The predicted molar refractivity (Wildman–Crippen MR) is 68.5 cm³/mol. The molecule has 18 heavy (non-hydrogen) atoms. The van der Waals surface area contributed by atoms with Crippen molar-refractivity contribution in [3.05, 3.63) is 20.8 Å². The van der Waals surface area contributed by atoms with Gasteiger partial charge in [-0.05, 0) is 18.8 Å². The normalized spacial score (nSPS) is 23.3. The summed E-state index contributed by atoms with van der Waals surface area (Å²) in [6.45, 7) is 0.627. The van der Waals surface area contributed by atoms with Gasteiger partial charge in [0.1, 0.15) is 0 Å². The minimum atomic E-state index is -0.428. The van der Waals surface area contributed by atoms with Crippen LogP contribution >= 0.6 is 0 Å². The van der Waals surface area contributed by atoms with Crippen LogP contribution in [0.1, 0.15) is 19.3 Å². The third-order valence-electron chi connectivity index (χ3n) is 3.57. The van der Waals surface area contributed by atoms with Gasteiger partial charge in [0.15, 0.2) is 0 Å². The van der Waals surface area contributed by atoms with Crippen LogP contribution in [0.5, 0.6) is 0 Å². The third-order valence-corrected chi connectivity index (χ3v) is 3.57. The highest BCUT2D eigenvalue weighted by atomic mass is 16.2. The highest BCUT2D eigenvalue weighted by molar-refractivity contribution is 5.29. The van der Waals surface area contributed by atoms with E-state index in [1.165, 1.54) is 14.1 Å². The van der Waals surface area contributed by atoms with E-state index in [-0.39, 0.29) is 11.9 Å². The van der Waals surface area contributed by atoms with Gasteiger partial charge in [-0.15, -0.1) is 5.10 Å². The lowest BCUT2D eigenvalue weighted by Gasteiger charge is -2.16. The molecule has 1 aromatic heterocycles. The molecule has 1 fully saturated rings. The van der Waals surface area contributed by atoms with Crippen molar-refractivity contribution in [1.82, 2.24) is 14.3 Å². The van der Waals surface area contributed by atoms with Gasteiger partial charge in [0.05, 0.1) is 0 Å². The smallest absolute Gasteiger partial charge is 0.346 e. The molecule has 1 aliphatic rings. The minimum Gasteiger partial charge on any atom is -0.364 e. The molecule has 0 radical (unpaired) electrons. The maximum Gasteiger partial charge on any atom is 0.346 e. The van der Waals surface area contributed by atoms with Crippen molar-refractivity contribution in [2.45, 2.75) is 25.3 Å². The summed E-state index contributed by atoms with van der Waals surface area (Å²) in [5.41, 5.74) is 5.14. The van der Waals surface area contributed by atoms with Crippen molar-refractivity contribution in [1.29, 1.82) is 0 Å². The first-order chi connectivity index (χ1) is 8.50. The van der Waals surface area contributed by atoms with Gasteiger partial charge in [-0.1, -0.05) is 6.42 Å². The molecule has 1 aromatic rings. The zero-order valence-corrected chi connectivity index (χ0v) is 10.7. The zero-order valence-electron chi connectivity index (χ0n) is 10.7. The Bertz CT molecular complexity index is 547. The monoisotopic (exact) mass is 253 g/mol. The first kappa shape index (κ1) is 12.8. The summed E-state index contributed by atoms with van der Waals surface area (Å²) in [6, 6.07) is 0.189. The second-order valence-electron chi connectivity index (χ2n) is 4.85. The van der Waals surface area contributed by atoms with Crippen molar-refractivity contribution < 1.29 is 0 Å². The van der Waals surface area contributed by atoms with Gasteiger partial charge in [-0.3, -0.25) is 9.36 Å². The van der Waals surface area contributed by atoms with Gasteiger partial charge in [0.25, 0.3) is 5.56 Å². The van der Waals surface area contributed by atoms with Crippen LogP contribution in [0.3, 0.4) is 0 Å². The second-order valence-corrected chi connectivity index (χ2v) is 4.85. The van der Waals surface area contributed by atoms with Gasteiger partial charge in [-0.2, -0.15) is 0 Å². The van der Waals surface area contributed by atoms with E-state index in [4.69, 9.17) is 5.73 Å². The maximum atomic E-state index is 11.8. The molecule has 0 aliphatic heterocycles. The number of hydrogen-bond acceptors (Lipinski definition) is 5. The average Bonchev–Trinajstić information content (AvgIpc) is 2.75. The molecular weight excluding hydrogens is 234 g/mol. The molecule has 1 saturated carbocycles. The minimum absolute atomic E-state index is 0.189. The Hall–Kier alpha value is -1.63. The van der Waals surface area contributed by atoms with Gasteiger partial charge >= 0.3 is 5.69 Å². The van der Waals surface area contributed by atoms with E-state index in [1.54, 1.807) is 0 Å². The maximum absolute atomic E-state index is 11.8. The van der Waals surface area contributed by atoms with Crippen molar-refractivity contribution in [3.8, 4) is 0 Å². The fraction of sp³-hybridized carbons (Fsp3) is 0.727. The van der Waals surface area contributed by atoms with Crippen LogP contribution in [0.15, 0.2) is 9.59 Å². The van der Waals surface area contributed by atoms with Crippen LogP contribution in [0, 0.1) is 5.92 Å². The number of anilines is 1. The number of aryl methyl sites for hydroxylation is 1. The third kappa shape index (κ3) is 2.31. The summed E-state index contributed by atoms with van der Waals surface area (Å²) < 4.78 is 2.20. The highest BCUT2D eigenvalue weighted by Crippen LogP contribution is 2.23. The molecule has 0 amide bonds. The molecule has 2 atom stereocenters. The number of rotatable bonds is 3. The number of nitrogens with two attached hydrogens (primary N) is 1. The van der Waals surface area contributed by atoms with Gasteiger partial charge in [0, 0.05) is 26.7 Å². The Morgan fingerprint density at radius 2 is 2.11 bits per heavy atom. The van der Waals surface area contributed by atoms with Gasteiger partial charge < -0.3 is 11.1 Å². The van der Waals surface area contributed by atoms with Crippen molar-refractivity contribution in [2.24, 2.45) is 25.7 Å². The fourth-order valence-corrected chi connectivity index (χ4v) is 2.36. The van der Waals surface area contributed by atoms with Crippen LogP contribution in [0.2, 0.25) is 0 Å². The van der Waals surface area contributed by atoms with Crippen molar-refractivity contribution >= 4 is 5.82 Å². The number of nitrogens with one attached hydrogen (secondary N) is 1. The standard InChI is InChI=1S/C11H19N5O2/c1-15-10(17)9(14-16(2)11(15)18)13-6-7-4-3-5-8(7)12/h7-8H,3-6,12H2,1-2H3,(H,13,14). The van der Waals surface area contributed by atoms with E-state index in [0.29, 0.717) is 12.5 Å². The summed E-state index contributed by atoms with van der Waals surface area (Å²) in [7, 11) is 2.97. The summed E-state index contributed by atoms with van der Waals surface area (Å²) in [5, 5.41) is 6.95. The van der Waals surface area contributed by atoms with Gasteiger partial charge in [0.2, 0.25) is 5.82 Å². The second kappa shape index (κ2) is 4.93. The lowest BCUT2D eigenvalue weighted by atomic mass is 10.1. The van der Waals surface area contributed by atoms with Crippen LogP contribution in [-0.2, 0) is 14.1 Å². The van der Waals surface area contributed by atoms with E-state index >= 15 is 0 Å². The molecule has 0 aromatic carbocycles. The largest absolute Gasteiger partial charge is 0.364 e. The number of hydrogen-bond donors (Lipinski definition) is 2. The molecular formula is C11H19N5O2. The molecule has 7 heteroatoms. The van der Waals surface area contributed by atoms with Crippen molar-refractivity contribution in [2.75, 3.05) is 11.9 Å². The predicted octanol–water partition coefficient (Wildman–Crippen LogP) is -0.982. The fourth-order valence-electron chi connectivity index (χ4n) is 2.36. The Kier molecular flexibility index (Phi) is 3.51. The number of nitrogens with zero attached hydrogens (tertiary/aromatic N) is 3. The Labute approximate surface area is 105 Å². The number of aromatic nitrogens is 3. The molecule has 0 saturated heterocycles. The van der Waals surface area contributed by atoms with Crippen LogP contribution in [0.4, 0.5) is 5.82 Å². The van der Waals surface area contributed by atoms with E-state index in [0.717, 1.165) is 28.5 Å². The Morgan fingerprint density at radius 1 is 1.39 bits per heavy atom. The van der Waals surface area contributed by atoms with E-state index in [1.807, 2.05) is 0 Å². The molecule has 2 unspecified atom stereocenters. The summed E-state index contributed by atoms with van der Waals surface area (Å²) >= 11 is 0. The quantitative estimate of drug-likeness (QED) is 0.722. The molecule has 1 aliphatic carbocycles. The molecule has 3 N–H and O–H groups in total. The molecule has 100 valence electrons. The molecule has 0 spiro atoms. The lowest BCUT2D eigenvalue weighted by molar-refractivity contribution is 0.501. The van der Waals surface area contributed by atoms with E-state index in [2.05, 4.69) is 10.4 Å². The van der Waals surface area contributed by atoms with Crippen LogP contribution < -0.4 is 22.3 Å². The average molecular weight is 253 g/mol. The topological polar surface area (TPSA) is 94.9 Å². The molecule has 7 nitrogen and oxygen atoms in total. The van der Waals surface area contributed by atoms with E-state index in [9.17, 15) is 9.59 Å². The van der Waals surface area contributed by atoms with Crippen molar-refractivity contribution in [3.63, 3.8) is 0 Å². The van der Waals surface area contributed by atoms with Crippen LogP contribution in [0.25, 0.3) is 0 Å². The summed E-state index contributed by atoms with van der Waals surface area (Å²) in [5.74, 6) is 0.576. The Morgan fingerprint density at radius 3 is 2.72 bits per heavy atom. The summed E-state index contributed by atoms with van der Waals surface area (Å²) in [6.07, 6.45) is 3.23. The molecule has 2 rings (SSSR count). The first-order valence-corrected chi connectivity index (χ1v) is 6.14.